The van der Waals surface area contributed by atoms with E-state index in [0.29, 0.717) is 17.8 Å². The summed E-state index contributed by atoms with van der Waals surface area (Å²) >= 11 is 0. The fourth-order valence-electron chi connectivity index (χ4n) is 2.51. The van der Waals surface area contributed by atoms with Crippen LogP contribution in [0.15, 0.2) is 42.7 Å². The molecule has 0 fully saturated rings. The Morgan fingerprint density at radius 3 is 2.86 bits per heavy atom. The highest BCUT2D eigenvalue weighted by Crippen LogP contribution is 2.29. The van der Waals surface area contributed by atoms with Crippen molar-refractivity contribution in [3.63, 3.8) is 0 Å². The molecule has 1 aromatic heterocycles. The van der Waals surface area contributed by atoms with E-state index in [1.165, 1.54) is 0 Å². The van der Waals surface area contributed by atoms with Crippen molar-refractivity contribution < 1.29 is 9.59 Å². The normalized spacial score (nSPS) is 12.9. The summed E-state index contributed by atoms with van der Waals surface area (Å²) in [6.07, 6.45) is 4.03. The summed E-state index contributed by atoms with van der Waals surface area (Å²) in [4.78, 5) is 29.4. The van der Waals surface area contributed by atoms with Gasteiger partial charge in [0.05, 0.1) is 11.9 Å². The van der Waals surface area contributed by atoms with E-state index in [9.17, 15) is 9.59 Å². The molecule has 1 N–H and O–H groups in total. The molecule has 0 unspecified atom stereocenters. The minimum absolute atomic E-state index is 0.0290. The van der Waals surface area contributed by atoms with Crippen LogP contribution in [0.4, 0.5) is 11.4 Å². The lowest BCUT2D eigenvalue weighted by Crippen LogP contribution is -2.25. The third kappa shape index (κ3) is 2.63. The molecule has 1 aromatic carbocycles. The molecule has 0 saturated carbocycles. The summed E-state index contributed by atoms with van der Waals surface area (Å²) in [7, 11) is 0. The van der Waals surface area contributed by atoms with E-state index in [1.807, 2.05) is 12.1 Å². The van der Waals surface area contributed by atoms with E-state index in [2.05, 4.69) is 10.3 Å². The summed E-state index contributed by atoms with van der Waals surface area (Å²) in [6, 6.07) is 8.98. The molecule has 5 heteroatoms. The second-order valence-corrected chi connectivity index (χ2v) is 4.96. The van der Waals surface area contributed by atoms with Crippen molar-refractivity contribution >= 4 is 23.2 Å². The molecule has 5 nitrogen and oxygen atoms in total. The number of carbonyl (C=O) groups is 2. The zero-order valence-corrected chi connectivity index (χ0v) is 11.7. The number of anilines is 2. The number of benzene rings is 1. The number of hydrogen-bond donors (Lipinski definition) is 1. The smallest absolute Gasteiger partial charge is 0.255 e. The van der Waals surface area contributed by atoms with Crippen molar-refractivity contribution in [3.8, 4) is 0 Å². The minimum atomic E-state index is -0.174. The van der Waals surface area contributed by atoms with Crippen molar-refractivity contribution in [1.29, 1.82) is 0 Å². The molecule has 106 valence electrons. The van der Waals surface area contributed by atoms with Crippen molar-refractivity contribution in [2.45, 2.75) is 13.3 Å². The lowest BCUT2D eigenvalue weighted by atomic mass is 10.1. The number of nitrogens with one attached hydrogen (secondary N) is 1. The standard InChI is InChI=1S/C16H15N3O2/c1-11(20)19-8-6-12-9-13(4-5-15(12)19)16(21)18-14-3-2-7-17-10-14/h2-5,7,9-10H,6,8H2,1H3,(H,18,21). The molecule has 2 heterocycles. The molecule has 0 atom stereocenters. The van der Waals surface area contributed by atoms with Gasteiger partial charge in [0.25, 0.3) is 5.91 Å². The van der Waals surface area contributed by atoms with Crippen LogP contribution in [0.25, 0.3) is 0 Å². The maximum Gasteiger partial charge on any atom is 0.255 e. The molecule has 0 aliphatic carbocycles. The minimum Gasteiger partial charge on any atom is -0.321 e. The highest BCUT2D eigenvalue weighted by Gasteiger charge is 2.23. The van der Waals surface area contributed by atoms with Crippen LogP contribution in [0.5, 0.6) is 0 Å². The van der Waals surface area contributed by atoms with Gasteiger partial charge in [0.1, 0.15) is 0 Å². The molecule has 0 spiro atoms. The lowest BCUT2D eigenvalue weighted by molar-refractivity contribution is -0.116. The van der Waals surface area contributed by atoms with Gasteiger partial charge in [0.2, 0.25) is 5.91 Å². The van der Waals surface area contributed by atoms with Crippen LogP contribution in [-0.2, 0) is 11.2 Å². The van der Waals surface area contributed by atoms with Crippen LogP contribution < -0.4 is 10.2 Å². The summed E-state index contributed by atoms with van der Waals surface area (Å²) in [5.74, 6) is -0.145. The number of hydrogen-bond acceptors (Lipinski definition) is 3. The maximum absolute atomic E-state index is 12.2. The van der Waals surface area contributed by atoms with Crippen LogP contribution in [0.1, 0.15) is 22.8 Å². The number of amides is 2. The largest absolute Gasteiger partial charge is 0.321 e. The number of pyridine rings is 1. The third-order valence-corrected chi connectivity index (χ3v) is 3.54. The first-order valence-electron chi connectivity index (χ1n) is 6.77. The van der Waals surface area contributed by atoms with Gasteiger partial charge in [-0.2, -0.15) is 0 Å². The maximum atomic E-state index is 12.2. The SMILES string of the molecule is CC(=O)N1CCc2cc(C(=O)Nc3cccnc3)ccc21. The molecular formula is C16H15N3O2. The molecule has 2 aromatic rings. The Morgan fingerprint density at radius 1 is 1.29 bits per heavy atom. The second kappa shape index (κ2) is 5.36. The predicted molar refractivity (Wildman–Crippen MR) is 80.4 cm³/mol. The van der Waals surface area contributed by atoms with Gasteiger partial charge in [-0.3, -0.25) is 14.6 Å². The molecule has 1 aliphatic rings. The first-order chi connectivity index (χ1) is 10.1. The second-order valence-electron chi connectivity index (χ2n) is 4.96. The summed E-state index contributed by atoms with van der Waals surface area (Å²) < 4.78 is 0. The van der Waals surface area contributed by atoms with E-state index in [1.54, 1.807) is 42.4 Å². The average molecular weight is 281 g/mol. The van der Waals surface area contributed by atoms with Crippen LogP contribution in [-0.4, -0.2) is 23.3 Å². The van der Waals surface area contributed by atoms with E-state index in [0.717, 1.165) is 17.7 Å². The number of carbonyl (C=O) groups excluding carboxylic acids is 2. The zero-order valence-electron chi connectivity index (χ0n) is 11.7. The van der Waals surface area contributed by atoms with Gasteiger partial charge in [-0.1, -0.05) is 0 Å². The molecule has 0 saturated heterocycles. The molecular weight excluding hydrogens is 266 g/mol. The van der Waals surface area contributed by atoms with E-state index in [-0.39, 0.29) is 11.8 Å². The van der Waals surface area contributed by atoms with Crippen molar-refractivity contribution in [3.05, 3.63) is 53.9 Å². The number of nitrogens with zero attached hydrogens (tertiary/aromatic N) is 2. The molecule has 3 rings (SSSR count). The zero-order chi connectivity index (χ0) is 14.8. The Morgan fingerprint density at radius 2 is 2.14 bits per heavy atom. The predicted octanol–water partition coefficient (Wildman–Crippen LogP) is 2.24. The van der Waals surface area contributed by atoms with Crippen LogP contribution in [0, 0.1) is 0 Å². The van der Waals surface area contributed by atoms with E-state index < -0.39 is 0 Å². The topological polar surface area (TPSA) is 62.3 Å². The monoisotopic (exact) mass is 281 g/mol. The van der Waals surface area contributed by atoms with E-state index in [4.69, 9.17) is 0 Å². The van der Waals surface area contributed by atoms with Crippen molar-refractivity contribution in [2.24, 2.45) is 0 Å². The first-order valence-corrected chi connectivity index (χ1v) is 6.77. The van der Waals surface area contributed by atoms with Gasteiger partial charge in [0.15, 0.2) is 0 Å². The van der Waals surface area contributed by atoms with Gasteiger partial charge >= 0.3 is 0 Å². The van der Waals surface area contributed by atoms with Gasteiger partial charge in [-0.25, -0.2) is 0 Å². The summed E-state index contributed by atoms with van der Waals surface area (Å²) in [5.41, 5.74) is 3.18. The van der Waals surface area contributed by atoms with Crippen LogP contribution in [0.3, 0.4) is 0 Å². The Hall–Kier alpha value is -2.69. The summed E-state index contributed by atoms with van der Waals surface area (Å²) in [6.45, 7) is 2.23. The molecule has 0 bridgehead atoms. The fourth-order valence-corrected chi connectivity index (χ4v) is 2.51. The third-order valence-electron chi connectivity index (χ3n) is 3.54. The Labute approximate surface area is 122 Å². The first kappa shape index (κ1) is 13.3. The Bertz CT molecular complexity index is 698. The molecule has 0 radical (unpaired) electrons. The fraction of sp³-hybridized carbons (Fsp3) is 0.188. The van der Waals surface area contributed by atoms with Crippen molar-refractivity contribution in [2.75, 3.05) is 16.8 Å². The highest BCUT2D eigenvalue weighted by molar-refractivity contribution is 6.05. The number of fused-ring (bicyclic) bond motifs is 1. The summed E-state index contributed by atoms with van der Waals surface area (Å²) in [5, 5.41) is 2.80. The Balaban J connectivity index is 1.82. The lowest BCUT2D eigenvalue weighted by Gasteiger charge is -2.14. The van der Waals surface area contributed by atoms with Gasteiger partial charge < -0.3 is 10.2 Å². The van der Waals surface area contributed by atoms with Gasteiger partial charge in [-0.15, -0.1) is 0 Å². The van der Waals surface area contributed by atoms with Gasteiger partial charge in [0, 0.05) is 30.9 Å². The molecule has 21 heavy (non-hydrogen) atoms. The molecule has 1 aliphatic heterocycles. The Kier molecular flexibility index (Phi) is 3.39. The van der Waals surface area contributed by atoms with Crippen molar-refractivity contribution in [1.82, 2.24) is 4.98 Å². The van der Waals surface area contributed by atoms with Gasteiger partial charge in [-0.05, 0) is 42.3 Å². The van der Waals surface area contributed by atoms with Crippen LogP contribution >= 0.6 is 0 Å². The quantitative estimate of drug-likeness (QED) is 0.918. The van der Waals surface area contributed by atoms with Crippen LogP contribution in [0.2, 0.25) is 0 Å². The highest BCUT2D eigenvalue weighted by atomic mass is 16.2. The molecule has 2 amide bonds. The number of rotatable bonds is 2. The van der Waals surface area contributed by atoms with E-state index >= 15 is 0 Å². The average Bonchev–Trinajstić information content (AvgIpc) is 2.91. The number of aromatic nitrogens is 1.